The Balaban J connectivity index is 0.000000757. The van der Waals surface area contributed by atoms with Gasteiger partial charge in [-0.1, -0.05) is 0 Å². The lowest BCUT2D eigenvalue weighted by molar-refractivity contribution is -0.384. The first-order valence-electron chi connectivity index (χ1n) is 11.6. The van der Waals surface area contributed by atoms with Crippen LogP contribution in [-0.2, 0) is 23.7 Å². The maximum absolute atomic E-state index is 12.2. The van der Waals surface area contributed by atoms with Crippen LogP contribution in [0.5, 0.6) is 0 Å². The second-order valence-corrected chi connectivity index (χ2v) is 8.50. The van der Waals surface area contributed by atoms with Gasteiger partial charge in [0.05, 0.1) is 4.92 Å². The van der Waals surface area contributed by atoms with Gasteiger partial charge < -0.3 is 20.4 Å². The Bertz CT molecular complexity index is 1310. The van der Waals surface area contributed by atoms with E-state index in [1.54, 1.807) is 13.1 Å². The molecule has 1 aliphatic rings. The predicted octanol–water partition coefficient (Wildman–Crippen LogP) is -0.0254. The van der Waals surface area contributed by atoms with Gasteiger partial charge in [-0.3, -0.25) is 33.7 Å². The maximum atomic E-state index is 12.2. The molecule has 15 heteroatoms. The van der Waals surface area contributed by atoms with Crippen LogP contribution in [0.25, 0.3) is 0 Å². The summed E-state index contributed by atoms with van der Waals surface area (Å²) in [6, 6.07) is 5.76. The first-order valence-corrected chi connectivity index (χ1v) is 11.6. The fourth-order valence-corrected chi connectivity index (χ4v) is 3.84. The molecule has 2 aromatic rings. The van der Waals surface area contributed by atoms with Crippen LogP contribution in [0.15, 0.2) is 33.9 Å². The molecule has 0 amide bonds. The van der Waals surface area contributed by atoms with E-state index in [9.17, 15) is 24.5 Å². The van der Waals surface area contributed by atoms with Crippen molar-refractivity contribution >= 4 is 34.9 Å². The average Bonchev–Trinajstić information content (AvgIpc) is 2.88. The van der Waals surface area contributed by atoms with Gasteiger partial charge in [0.25, 0.3) is 11.2 Å². The van der Waals surface area contributed by atoms with E-state index >= 15 is 0 Å². The van der Waals surface area contributed by atoms with E-state index in [0.717, 1.165) is 30.6 Å². The van der Waals surface area contributed by atoms with Crippen molar-refractivity contribution in [2.45, 2.75) is 13.3 Å². The Kier molecular flexibility index (Phi) is 10.3. The highest BCUT2D eigenvalue weighted by atomic mass is 16.6. The van der Waals surface area contributed by atoms with E-state index in [-0.39, 0.29) is 22.7 Å². The standard InChI is InChI=1S/C21H28N6O5.C2H2O4/c1-15(28)17-13-16(27(31)32)5-6-18(17)22-7-4-8-25-9-11-26(12-10-25)19-14-20(29)24(3)21(30)23(19)2;3-1(4)2(5)6/h5-6,13-14,22H,4,7-12H2,1-3H3;(H,3,4)(H,5,6). The molecule has 0 radical (unpaired) electrons. The fourth-order valence-electron chi connectivity index (χ4n) is 3.84. The number of ketones is 1. The number of non-ortho nitro benzene ring substituents is 1. The number of nitrogens with one attached hydrogen (secondary N) is 1. The number of aromatic nitrogens is 2. The minimum Gasteiger partial charge on any atom is -0.473 e. The molecule has 2 heterocycles. The molecule has 1 saturated heterocycles. The van der Waals surface area contributed by atoms with Crippen LogP contribution in [0.4, 0.5) is 17.2 Å². The molecule has 38 heavy (non-hydrogen) atoms. The van der Waals surface area contributed by atoms with E-state index < -0.39 is 16.9 Å². The number of rotatable bonds is 8. The number of nitro benzene ring substituents is 1. The summed E-state index contributed by atoms with van der Waals surface area (Å²) in [6.07, 6.45) is 0.832. The second kappa shape index (κ2) is 13.1. The highest BCUT2D eigenvalue weighted by Gasteiger charge is 2.20. The number of hydrogen-bond donors (Lipinski definition) is 3. The third kappa shape index (κ3) is 7.73. The molecule has 0 aliphatic carbocycles. The number of piperazine rings is 1. The number of carboxylic acids is 2. The lowest BCUT2D eigenvalue weighted by Gasteiger charge is -2.36. The third-order valence-corrected chi connectivity index (χ3v) is 5.94. The summed E-state index contributed by atoms with van der Waals surface area (Å²) in [4.78, 5) is 68.9. The van der Waals surface area contributed by atoms with Gasteiger partial charge in [0.1, 0.15) is 5.82 Å². The van der Waals surface area contributed by atoms with E-state index in [0.29, 0.717) is 36.7 Å². The van der Waals surface area contributed by atoms with E-state index in [1.807, 2.05) is 4.90 Å². The molecule has 1 aromatic heterocycles. The summed E-state index contributed by atoms with van der Waals surface area (Å²) in [5.74, 6) is -3.24. The molecule has 3 rings (SSSR count). The van der Waals surface area contributed by atoms with Crippen molar-refractivity contribution < 1.29 is 29.5 Å². The molecule has 206 valence electrons. The largest absolute Gasteiger partial charge is 0.473 e. The van der Waals surface area contributed by atoms with Crippen LogP contribution in [0, 0.1) is 10.1 Å². The molecule has 1 aromatic carbocycles. The van der Waals surface area contributed by atoms with Crippen molar-refractivity contribution in [2.75, 3.05) is 49.5 Å². The third-order valence-electron chi connectivity index (χ3n) is 5.94. The SMILES string of the molecule is CC(=O)c1cc([N+](=O)[O-])ccc1NCCCN1CCN(c2cc(=O)n(C)c(=O)n2C)CC1.O=C(O)C(=O)O. The van der Waals surface area contributed by atoms with Crippen LogP contribution in [0.2, 0.25) is 0 Å². The summed E-state index contributed by atoms with van der Waals surface area (Å²) in [6.45, 7) is 5.90. The van der Waals surface area contributed by atoms with Gasteiger partial charge in [-0.2, -0.15) is 0 Å². The molecule has 1 aliphatic heterocycles. The summed E-state index contributed by atoms with van der Waals surface area (Å²) in [5.41, 5.74) is 0.157. The zero-order chi connectivity index (χ0) is 28.6. The van der Waals surface area contributed by atoms with Crippen LogP contribution in [0.3, 0.4) is 0 Å². The maximum Gasteiger partial charge on any atom is 0.414 e. The van der Waals surface area contributed by atoms with Crippen molar-refractivity contribution in [2.24, 2.45) is 14.1 Å². The predicted molar refractivity (Wildman–Crippen MR) is 137 cm³/mol. The van der Waals surface area contributed by atoms with Gasteiger partial charge in [-0.15, -0.1) is 0 Å². The van der Waals surface area contributed by atoms with Gasteiger partial charge in [0.2, 0.25) is 0 Å². The highest BCUT2D eigenvalue weighted by molar-refractivity contribution is 6.27. The summed E-state index contributed by atoms with van der Waals surface area (Å²) < 4.78 is 2.59. The van der Waals surface area contributed by atoms with Crippen LogP contribution >= 0.6 is 0 Å². The molecule has 0 bridgehead atoms. The van der Waals surface area contributed by atoms with E-state index in [4.69, 9.17) is 19.8 Å². The van der Waals surface area contributed by atoms with Crippen LogP contribution in [0.1, 0.15) is 23.7 Å². The minimum absolute atomic E-state index is 0.104. The first kappa shape index (κ1) is 29.7. The molecular weight excluding hydrogens is 504 g/mol. The second-order valence-electron chi connectivity index (χ2n) is 8.50. The Morgan fingerprint density at radius 2 is 1.61 bits per heavy atom. The van der Waals surface area contributed by atoms with Gasteiger partial charge in [0.15, 0.2) is 5.78 Å². The number of nitrogens with zero attached hydrogens (tertiary/aromatic N) is 5. The molecule has 15 nitrogen and oxygen atoms in total. The van der Waals surface area contributed by atoms with Crippen molar-refractivity contribution in [3.8, 4) is 0 Å². The lowest BCUT2D eigenvalue weighted by Crippen LogP contribution is -2.49. The number of Topliss-reactive ketones (excluding diaryl/α,β-unsaturated/α-hetero) is 1. The Labute approximate surface area is 216 Å². The Morgan fingerprint density at radius 1 is 1.00 bits per heavy atom. The smallest absolute Gasteiger partial charge is 0.414 e. The number of nitro groups is 1. The molecule has 0 saturated carbocycles. The van der Waals surface area contributed by atoms with Crippen LogP contribution < -0.4 is 21.5 Å². The number of carbonyl (C=O) groups excluding carboxylic acids is 1. The topological polar surface area (TPSA) is 197 Å². The van der Waals surface area contributed by atoms with E-state index in [2.05, 4.69) is 10.2 Å². The lowest BCUT2D eigenvalue weighted by atomic mass is 10.1. The van der Waals surface area contributed by atoms with Gasteiger partial charge >= 0.3 is 17.6 Å². The Hall–Kier alpha value is -4.53. The number of aliphatic carboxylic acids is 2. The number of carbonyl (C=O) groups is 3. The molecule has 0 spiro atoms. The molecular formula is C23H30N6O9. The van der Waals surface area contributed by atoms with E-state index in [1.165, 1.54) is 36.7 Å². The molecule has 0 unspecified atom stereocenters. The first-order chi connectivity index (χ1) is 17.8. The molecule has 0 atom stereocenters. The summed E-state index contributed by atoms with van der Waals surface area (Å²) >= 11 is 0. The average molecular weight is 535 g/mol. The minimum atomic E-state index is -1.82. The quantitative estimate of drug-likeness (QED) is 0.135. The molecule has 3 N–H and O–H groups in total. The summed E-state index contributed by atoms with van der Waals surface area (Å²) in [5, 5.41) is 28.9. The highest BCUT2D eigenvalue weighted by Crippen LogP contribution is 2.22. The number of benzene rings is 1. The van der Waals surface area contributed by atoms with Crippen molar-refractivity contribution in [1.82, 2.24) is 14.0 Å². The number of anilines is 2. The Morgan fingerprint density at radius 3 is 2.13 bits per heavy atom. The normalized spacial score (nSPS) is 13.3. The zero-order valence-corrected chi connectivity index (χ0v) is 21.2. The van der Waals surface area contributed by atoms with Gasteiger partial charge in [-0.05, 0) is 26.0 Å². The number of hydrogen-bond acceptors (Lipinski definition) is 10. The van der Waals surface area contributed by atoms with Gasteiger partial charge in [-0.25, -0.2) is 14.4 Å². The zero-order valence-electron chi connectivity index (χ0n) is 21.2. The summed E-state index contributed by atoms with van der Waals surface area (Å²) in [7, 11) is 3.14. The van der Waals surface area contributed by atoms with Crippen molar-refractivity contribution in [1.29, 1.82) is 0 Å². The monoisotopic (exact) mass is 534 g/mol. The number of carboxylic acid groups (broad SMARTS) is 2. The van der Waals surface area contributed by atoms with Crippen LogP contribution in [-0.4, -0.2) is 86.2 Å². The van der Waals surface area contributed by atoms with Crippen molar-refractivity contribution in [3.63, 3.8) is 0 Å². The molecule has 1 fully saturated rings. The van der Waals surface area contributed by atoms with Crippen molar-refractivity contribution in [3.05, 3.63) is 60.8 Å². The van der Waals surface area contributed by atoms with Gasteiger partial charge in [0, 0.05) is 76.3 Å². The fraction of sp³-hybridized carbons (Fsp3) is 0.435.